The number of halogens is 1. The molecule has 0 bridgehead atoms. The summed E-state index contributed by atoms with van der Waals surface area (Å²) in [6.07, 6.45) is 11.9. The van der Waals surface area contributed by atoms with E-state index in [-0.39, 0.29) is 5.83 Å². The third kappa shape index (κ3) is 2.34. The van der Waals surface area contributed by atoms with Crippen molar-refractivity contribution in [3.8, 4) is 0 Å². The number of allylic oxidation sites excluding steroid dienone is 8. The fraction of sp³-hybridized carbons (Fsp3) is 0.467. The summed E-state index contributed by atoms with van der Waals surface area (Å²) in [6, 6.07) is 0. The molecule has 0 nitrogen and oxygen atoms in total. The lowest BCUT2D eigenvalue weighted by Crippen LogP contribution is -2.04. The highest BCUT2D eigenvalue weighted by Crippen LogP contribution is 2.35. The van der Waals surface area contributed by atoms with Crippen LogP contribution in [0, 0.1) is 5.92 Å². The Morgan fingerprint density at radius 2 is 2.00 bits per heavy atom. The lowest BCUT2D eigenvalue weighted by atomic mass is 9.85. The molecule has 0 aromatic carbocycles. The molecule has 0 saturated heterocycles. The zero-order chi connectivity index (χ0) is 11.5. The first-order valence-electron chi connectivity index (χ1n) is 6.13. The van der Waals surface area contributed by atoms with Crippen molar-refractivity contribution in [2.45, 2.75) is 39.5 Å². The summed E-state index contributed by atoms with van der Waals surface area (Å²) in [7, 11) is 0. The van der Waals surface area contributed by atoms with Gasteiger partial charge in [-0.15, -0.1) is 0 Å². The molecule has 0 radical (unpaired) electrons. The first-order chi connectivity index (χ1) is 7.68. The van der Waals surface area contributed by atoms with Crippen molar-refractivity contribution in [2.75, 3.05) is 0 Å². The van der Waals surface area contributed by atoms with Crippen LogP contribution < -0.4 is 0 Å². The minimum absolute atomic E-state index is 0.00324. The summed E-state index contributed by atoms with van der Waals surface area (Å²) >= 11 is 0. The Morgan fingerprint density at radius 3 is 2.56 bits per heavy atom. The summed E-state index contributed by atoms with van der Waals surface area (Å²) in [5, 5.41) is 0. The number of hydrogen-bond acceptors (Lipinski definition) is 0. The molecule has 2 aliphatic carbocycles. The second-order valence-corrected chi connectivity index (χ2v) is 4.86. The number of rotatable bonds is 2. The molecule has 2 aliphatic rings. The monoisotopic (exact) mass is 218 g/mol. The lowest BCUT2D eigenvalue weighted by Gasteiger charge is -2.21. The van der Waals surface area contributed by atoms with Gasteiger partial charge >= 0.3 is 0 Å². The van der Waals surface area contributed by atoms with E-state index in [1.54, 1.807) is 6.08 Å². The van der Waals surface area contributed by atoms with Crippen LogP contribution in [0.15, 0.2) is 46.9 Å². The molecule has 0 amide bonds. The molecule has 16 heavy (non-hydrogen) atoms. The molecule has 0 atom stereocenters. The van der Waals surface area contributed by atoms with Gasteiger partial charge in [0.2, 0.25) is 0 Å². The Morgan fingerprint density at radius 1 is 1.19 bits per heavy atom. The van der Waals surface area contributed by atoms with Gasteiger partial charge in [-0.3, -0.25) is 0 Å². The minimum Gasteiger partial charge on any atom is -0.207 e. The Balaban J connectivity index is 2.26. The van der Waals surface area contributed by atoms with E-state index in [0.29, 0.717) is 5.92 Å². The van der Waals surface area contributed by atoms with Gasteiger partial charge in [0.05, 0.1) is 0 Å². The van der Waals surface area contributed by atoms with Crippen molar-refractivity contribution in [3.63, 3.8) is 0 Å². The SMILES string of the molecule is CC(C)C1=CC(F)=C(C2=CC=CCC2)CC1. The molecule has 86 valence electrons. The third-order valence-electron chi connectivity index (χ3n) is 3.41. The molecule has 0 fully saturated rings. The van der Waals surface area contributed by atoms with Gasteiger partial charge in [-0.1, -0.05) is 37.6 Å². The molecule has 0 aromatic heterocycles. The van der Waals surface area contributed by atoms with Crippen molar-refractivity contribution >= 4 is 0 Å². The Labute approximate surface area is 97.2 Å². The summed E-state index contributed by atoms with van der Waals surface area (Å²) in [5.41, 5.74) is 3.38. The van der Waals surface area contributed by atoms with Crippen LogP contribution in [-0.4, -0.2) is 0 Å². The fourth-order valence-corrected chi connectivity index (χ4v) is 2.33. The molecule has 1 heteroatoms. The predicted molar refractivity (Wildman–Crippen MR) is 66.7 cm³/mol. The topological polar surface area (TPSA) is 0 Å². The van der Waals surface area contributed by atoms with Crippen LogP contribution in [0.4, 0.5) is 4.39 Å². The fourth-order valence-electron chi connectivity index (χ4n) is 2.33. The van der Waals surface area contributed by atoms with Gasteiger partial charge in [0.15, 0.2) is 0 Å². The summed E-state index contributed by atoms with van der Waals surface area (Å²) < 4.78 is 14.0. The van der Waals surface area contributed by atoms with Crippen LogP contribution in [0.1, 0.15) is 39.5 Å². The Bertz CT molecular complexity index is 392. The van der Waals surface area contributed by atoms with Crippen LogP contribution in [0.25, 0.3) is 0 Å². The van der Waals surface area contributed by atoms with Crippen molar-refractivity contribution in [1.29, 1.82) is 0 Å². The summed E-state index contributed by atoms with van der Waals surface area (Å²) in [6.45, 7) is 4.26. The van der Waals surface area contributed by atoms with E-state index < -0.39 is 0 Å². The molecule has 2 rings (SSSR count). The van der Waals surface area contributed by atoms with E-state index in [2.05, 4.69) is 26.0 Å². The maximum absolute atomic E-state index is 14.0. The van der Waals surface area contributed by atoms with Crippen LogP contribution in [0.5, 0.6) is 0 Å². The summed E-state index contributed by atoms with van der Waals surface area (Å²) in [4.78, 5) is 0. The first kappa shape index (κ1) is 11.4. The maximum Gasteiger partial charge on any atom is 0.126 e. The van der Waals surface area contributed by atoms with Crippen molar-refractivity contribution in [3.05, 3.63) is 46.9 Å². The Hall–Kier alpha value is -1.11. The smallest absolute Gasteiger partial charge is 0.126 e. The maximum atomic E-state index is 14.0. The van der Waals surface area contributed by atoms with Gasteiger partial charge in [-0.05, 0) is 48.8 Å². The van der Waals surface area contributed by atoms with Gasteiger partial charge in [-0.2, -0.15) is 0 Å². The molecule has 0 spiro atoms. The molecular weight excluding hydrogens is 199 g/mol. The molecule has 0 aromatic rings. The average molecular weight is 218 g/mol. The summed E-state index contributed by atoms with van der Waals surface area (Å²) in [5.74, 6) is 0.462. The van der Waals surface area contributed by atoms with Crippen LogP contribution in [0.3, 0.4) is 0 Å². The van der Waals surface area contributed by atoms with Gasteiger partial charge in [0.25, 0.3) is 0 Å². The van der Waals surface area contributed by atoms with E-state index >= 15 is 0 Å². The molecule has 0 unspecified atom stereocenters. The van der Waals surface area contributed by atoms with Crippen LogP contribution in [0.2, 0.25) is 0 Å². The highest BCUT2D eigenvalue weighted by Gasteiger charge is 2.18. The van der Waals surface area contributed by atoms with Gasteiger partial charge in [0, 0.05) is 0 Å². The molecule has 0 heterocycles. The molecule has 0 N–H and O–H groups in total. The van der Waals surface area contributed by atoms with E-state index in [0.717, 1.165) is 31.3 Å². The molecule has 0 aliphatic heterocycles. The van der Waals surface area contributed by atoms with Crippen molar-refractivity contribution < 1.29 is 4.39 Å². The first-order valence-corrected chi connectivity index (χ1v) is 6.13. The van der Waals surface area contributed by atoms with Gasteiger partial charge < -0.3 is 0 Å². The zero-order valence-electron chi connectivity index (χ0n) is 10.1. The normalized spacial score (nSPS) is 21.2. The van der Waals surface area contributed by atoms with Crippen LogP contribution in [-0.2, 0) is 0 Å². The van der Waals surface area contributed by atoms with E-state index in [9.17, 15) is 4.39 Å². The minimum atomic E-state index is -0.00324. The highest BCUT2D eigenvalue weighted by atomic mass is 19.1. The quantitative estimate of drug-likeness (QED) is 0.620. The van der Waals surface area contributed by atoms with Crippen molar-refractivity contribution in [1.82, 2.24) is 0 Å². The van der Waals surface area contributed by atoms with E-state index in [1.807, 2.05) is 6.08 Å². The second kappa shape index (κ2) is 4.82. The third-order valence-corrected chi connectivity index (χ3v) is 3.41. The van der Waals surface area contributed by atoms with Crippen molar-refractivity contribution in [2.24, 2.45) is 5.92 Å². The average Bonchev–Trinajstić information content (AvgIpc) is 2.30. The lowest BCUT2D eigenvalue weighted by molar-refractivity contribution is 0.606. The van der Waals surface area contributed by atoms with E-state index in [1.165, 1.54) is 11.1 Å². The Kier molecular flexibility index (Phi) is 3.42. The van der Waals surface area contributed by atoms with Gasteiger partial charge in [0.1, 0.15) is 5.83 Å². The standard InChI is InChI=1S/C15H19F/c1-11(2)13-8-9-14(15(16)10-13)12-6-4-3-5-7-12/h3-4,6,10-11H,5,7-9H2,1-2H3. The van der Waals surface area contributed by atoms with Gasteiger partial charge in [-0.25, -0.2) is 4.39 Å². The second-order valence-electron chi connectivity index (χ2n) is 4.86. The zero-order valence-corrected chi connectivity index (χ0v) is 10.1. The van der Waals surface area contributed by atoms with E-state index in [4.69, 9.17) is 0 Å². The molecule has 0 saturated carbocycles. The largest absolute Gasteiger partial charge is 0.207 e. The predicted octanol–water partition coefficient (Wildman–Crippen LogP) is 4.86. The number of hydrogen-bond donors (Lipinski definition) is 0. The highest BCUT2D eigenvalue weighted by molar-refractivity contribution is 5.44. The van der Waals surface area contributed by atoms with Crippen LogP contribution >= 0.6 is 0 Å². The molecular formula is C15H19F.